The Morgan fingerprint density at radius 1 is 0.744 bits per heavy atom. The molecule has 39 heavy (non-hydrogen) atoms. The smallest absolute Gasteiger partial charge is 0.408 e. The van der Waals surface area contributed by atoms with E-state index in [0.717, 1.165) is 25.2 Å². The predicted molar refractivity (Wildman–Crippen MR) is 157 cm³/mol. The van der Waals surface area contributed by atoms with Crippen LogP contribution in [0.1, 0.15) is 139 Å². The zero-order valence-electron chi connectivity index (χ0n) is 26.7. The van der Waals surface area contributed by atoms with Gasteiger partial charge in [-0.3, -0.25) is 0 Å². The Bertz CT molecular complexity index is 1010. The maximum Gasteiger partial charge on any atom is 0.408 e. The lowest BCUT2D eigenvalue weighted by molar-refractivity contribution is -0.244. The second kappa shape index (κ2) is 8.41. The highest BCUT2D eigenvalue weighted by Crippen LogP contribution is 2.77. The minimum absolute atomic E-state index is 0.00223. The Labute approximate surface area is 239 Å². The van der Waals surface area contributed by atoms with Gasteiger partial charge in [-0.15, -0.1) is 0 Å². The number of carbonyl (C=O) groups excluding carboxylic acids is 1. The van der Waals surface area contributed by atoms with Gasteiger partial charge < -0.3 is 15.2 Å². The van der Waals surface area contributed by atoms with Gasteiger partial charge in [-0.25, -0.2) is 4.79 Å². The van der Waals surface area contributed by atoms with E-state index >= 15 is 0 Å². The van der Waals surface area contributed by atoms with Crippen molar-refractivity contribution in [1.29, 1.82) is 0 Å². The number of amides is 1. The third-order valence-corrected chi connectivity index (χ3v) is 15.1. The summed E-state index contributed by atoms with van der Waals surface area (Å²) in [5, 5.41) is 14.6. The summed E-state index contributed by atoms with van der Waals surface area (Å²) in [4.78, 5) is 13.3. The minimum atomic E-state index is -0.471. The van der Waals surface area contributed by atoms with E-state index in [2.05, 4.69) is 46.9 Å². The van der Waals surface area contributed by atoms with Gasteiger partial charge in [0.1, 0.15) is 5.60 Å². The topological polar surface area (TPSA) is 58.6 Å². The van der Waals surface area contributed by atoms with Crippen LogP contribution in [0.3, 0.4) is 0 Å². The predicted octanol–water partition coefficient (Wildman–Crippen LogP) is 8.51. The lowest BCUT2D eigenvalue weighted by atomic mass is 9.32. The maximum atomic E-state index is 13.3. The Hall–Kier alpha value is -0.770. The third kappa shape index (κ3) is 3.87. The van der Waals surface area contributed by atoms with Gasteiger partial charge in [-0.1, -0.05) is 41.5 Å². The molecular weight excluding hydrogens is 482 g/mol. The van der Waals surface area contributed by atoms with Crippen LogP contribution >= 0.6 is 0 Å². The number of hydrogen-bond acceptors (Lipinski definition) is 3. The first kappa shape index (κ1) is 28.4. The fourth-order valence-electron chi connectivity index (χ4n) is 12.7. The van der Waals surface area contributed by atoms with E-state index in [1.54, 1.807) is 0 Å². The van der Waals surface area contributed by atoms with Gasteiger partial charge in [0, 0.05) is 5.54 Å². The molecule has 6 fully saturated rings. The Morgan fingerprint density at radius 2 is 1.44 bits per heavy atom. The number of aliphatic hydroxyl groups excluding tert-OH is 1. The molecule has 222 valence electrons. The van der Waals surface area contributed by atoms with Gasteiger partial charge in [0.25, 0.3) is 0 Å². The van der Waals surface area contributed by atoms with Crippen molar-refractivity contribution in [3.63, 3.8) is 0 Å². The third-order valence-electron chi connectivity index (χ3n) is 15.1. The molecule has 4 nitrogen and oxygen atoms in total. The Balaban J connectivity index is 1.36. The molecule has 10 atom stereocenters. The van der Waals surface area contributed by atoms with Crippen molar-refractivity contribution < 1.29 is 14.6 Å². The SMILES string of the molecule is CC(C)(C)OC(=O)N[C@]12CCC(C3(C)CC3)[C@@H]1[C@H]1CC[C@@H]3[C@@]4(C)CC[C@H](O)C(C)(C)[C@@H]4CC[C@@]3(C)[C@]1(C)CC2. The van der Waals surface area contributed by atoms with Crippen molar-refractivity contribution in [3.05, 3.63) is 0 Å². The first-order valence-electron chi connectivity index (χ1n) is 16.6. The lowest BCUT2D eigenvalue weighted by Crippen LogP contribution is -2.69. The molecule has 0 aromatic carbocycles. The molecule has 1 unspecified atom stereocenters. The number of aliphatic hydroxyl groups is 1. The largest absolute Gasteiger partial charge is 0.444 e. The molecule has 0 saturated heterocycles. The van der Waals surface area contributed by atoms with E-state index in [-0.39, 0.29) is 23.2 Å². The van der Waals surface area contributed by atoms with Crippen LogP contribution in [0, 0.1) is 56.7 Å². The molecule has 1 amide bonds. The molecule has 4 heteroatoms. The summed E-state index contributed by atoms with van der Waals surface area (Å²) < 4.78 is 5.88. The van der Waals surface area contributed by atoms with Crippen LogP contribution in [0.5, 0.6) is 0 Å². The average Bonchev–Trinajstić information content (AvgIpc) is 3.44. The van der Waals surface area contributed by atoms with Crippen LogP contribution < -0.4 is 5.32 Å². The molecule has 0 heterocycles. The molecule has 6 aliphatic rings. The summed E-state index contributed by atoms with van der Waals surface area (Å²) in [6, 6.07) is 0. The van der Waals surface area contributed by atoms with E-state index < -0.39 is 5.60 Å². The van der Waals surface area contributed by atoms with E-state index in [1.165, 1.54) is 57.8 Å². The maximum absolute atomic E-state index is 13.3. The van der Waals surface area contributed by atoms with E-state index in [9.17, 15) is 9.90 Å². The highest BCUT2D eigenvalue weighted by atomic mass is 16.6. The molecule has 2 N–H and O–H groups in total. The van der Waals surface area contributed by atoms with E-state index in [0.29, 0.717) is 45.3 Å². The molecule has 6 aliphatic carbocycles. The Kier molecular flexibility index (Phi) is 6.11. The van der Waals surface area contributed by atoms with E-state index in [1.807, 2.05) is 20.8 Å². The number of hydrogen-bond donors (Lipinski definition) is 2. The van der Waals surface area contributed by atoms with Gasteiger partial charge in [0.15, 0.2) is 0 Å². The molecule has 0 aromatic heterocycles. The van der Waals surface area contributed by atoms with Crippen LogP contribution in [0.15, 0.2) is 0 Å². The number of ether oxygens (including phenoxy) is 1. The standard InChI is InChI=1S/C35H59NO3/c1-29(2,3)39-28(38)36-35-17-12-22(31(6)18-19-31)27(35)23-10-11-25-32(7)15-14-26(37)30(4,5)24(32)13-16-34(25,9)33(23,8)20-21-35/h22-27,37H,10-21H2,1-9H3,(H,36,38)/t22?,23-,24+,25-,26+,27-,32+,33-,34-,35+/m1/s1. The highest BCUT2D eigenvalue weighted by Gasteiger charge is 2.72. The molecule has 0 bridgehead atoms. The first-order valence-corrected chi connectivity index (χ1v) is 16.6. The van der Waals surface area contributed by atoms with Crippen molar-refractivity contribution in [2.75, 3.05) is 0 Å². The first-order chi connectivity index (χ1) is 17.9. The van der Waals surface area contributed by atoms with Crippen LogP contribution in [-0.4, -0.2) is 28.4 Å². The number of alkyl carbamates (subject to hydrolysis) is 1. The molecule has 0 aliphatic heterocycles. The van der Waals surface area contributed by atoms with Crippen molar-refractivity contribution >= 4 is 6.09 Å². The molecule has 6 rings (SSSR count). The summed E-state index contributed by atoms with van der Waals surface area (Å²) in [5.41, 5.74) is 0.805. The van der Waals surface area contributed by atoms with Gasteiger partial charge in [0.05, 0.1) is 6.10 Å². The van der Waals surface area contributed by atoms with Crippen LogP contribution in [-0.2, 0) is 4.74 Å². The minimum Gasteiger partial charge on any atom is -0.444 e. The summed E-state index contributed by atoms with van der Waals surface area (Å²) in [6.45, 7) is 21.2. The van der Waals surface area contributed by atoms with Crippen molar-refractivity contribution in [2.45, 2.75) is 157 Å². The van der Waals surface area contributed by atoms with Crippen LogP contribution in [0.4, 0.5) is 4.79 Å². The van der Waals surface area contributed by atoms with E-state index in [4.69, 9.17) is 4.74 Å². The molecule has 0 radical (unpaired) electrons. The van der Waals surface area contributed by atoms with Crippen molar-refractivity contribution in [3.8, 4) is 0 Å². The van der Waals surface area contributed by atoms with Gasteiger partial charge in [0.2, 0.25) is 0 Å². The van der Waals surface area contributed by atoms with Crippen LogP contribution in [0.25, 0.3) is 0 Å². The number of nitrogens with one attached hydrogen (secondary N) is 1. The number of fused-ring (bicyclic) bond motifs is 7. The summed E-state index contributed by atoms with van der Waals surface area (Å²) >= 11 is 0. The summed E-state index contributed by atoms with van der Waals surface area (Å²) in [5.74, 6) is 3.26. The monoisotopic (exact) mass is 541 g/mol. The number of carbonyl (C=O) groups is 1. The summed E-state index contributed by atoms with van der Waals surface area (Å²) in [7, 11) is 0. The van der Waals surface area contributed by atoms with Crippen molar-refractivity contribution in [1.82, 2.24) is 5.32 Å². The normalized spacial score (nSPS) is 51.5. The zero-order chi connectivity index (χ0) is 28.4. The van der Waals surface area contributed by atoms with Crippen molar-refractivity contribution in [2.24, 2.45) is 56.7 Å². The van der Waals surface area contributed by atoms with Gasteiger partial charge in [-0.05, 0) is 154 Å². The quantitative estimate of drug-likeness (QED) is 0.368. The Morgan fingerprint density at radius 3 is 2.08 bits per heavy atom. The average molecular weight is 542 g/mol. The van der Waals surface area contributed by atoms with Crippen LogP contribution in [0.2, 0.25) is 0 Å². The zero-order valence-corrected chi connectivity index (χ0v) is 26.7. The second-order valence-electron chi connectivity index (χ2n) is 18.2. The second-order valence-corrected chi connectivity index (χ2v) is 18.2. The fourth-order valence-corrected chi connectivity index (χ4v) is 12.7. The molecule has 0 aromatic rings. The highest BCUT2D eigenvalue weighted by molar-refractivity contribution is 5.69. The molecule has 6 saturated carbocycles. The molecular formula is C35H59NO3. The fraction of sp³-hybridized carbons (Fsp3) is 0.971. The lowest BCUT2D eigenvalue weighted by Gasteiger charge is -2.73. The van der Waals surface area contributed by atoms with Gasteiger partial charge in [-0.2, -0.15) is 0 Å². The molecule has 0 spiro atoms. The number of rotatable bonds is 2. The van der Waals surface area contributed by atoms with Gasteiger partial charge >= 0.3 is 6.09 Å². The summed E-state index contributed by atoms with van der Waals surface area (Å²) in [6.07, 6.45) is 14.3.